The second-order valence-electron chi connectivity index (χ2n) is 6.74. The lowest BCUT2D eigenvalue weighted by Gasteiger charge is -2.24. The molecule has 154 valence electrons. The first-order valence-electron chi connectivity index (χ1n) is 9.43. The Balaban J connectivity index is 1.89. The van der Waals surface area contributed by atoms with Crippen LogP contribution in [0.15, 0.2) is 72.8 Å². The molecule has 0 aliphatic carbocycles. The van der Waals surface area contributed by atoms with Gasteiger partial charge in [0.2, 0.25) is 0 Å². The molecule has 0 unspecified atom stereocenters. The standard InChI is InChI=1S/C24H23NO5/c1-17-7-3-4-8-19(17)16-30-24(28)25(15-18-11-13-20(29-2)14-12-18)22-10-6-5-9-21(22)23(26)27/h3-14H,15-16H2,1-2H3,(H,26,27). The van der Waals surface area contributed by atoms with Crippen LogP contribution < -0.4 is 9.64 Å². The summed E-state index contributed by atoms with van der Waals surface area (Å²) in [6, 6.07) is 21.2. The van der Waals surface area contributed by atoms with Crippen molar-refractivity contribution in [3.8, 4) is 5.75 Å². The quantitative estimate of drug-likeness (QED) is 0.596. The number of benzene rings is 3. The Kier molecular flexibility index (Phi) is 6.70. The molecule has 0 heterocycles. The van der Waals surface area contributed by atoms with E-state index in [1.54, 1.807) is 37.4 Å². The molecule has 0 saturated carbocycles. The minimum Gasteiger partial charge on any atom is -0.497 e. The summed E-state index contributed by atoms with van der Waals surface area (Å²) in [5.41, 5.74) is 3.01. The first-order valence-corrected chi connectivity index (χ1v) is 9.43. The molecule has 3 rings (SSSR count). The molecule has 6 nitrogen and oxygen atoms in total. The third kappa shape index (κ3) is 4.97. The Hall–Kier alpha value is -3.80. The zero-order valence-corrected chi connectivity index (χ0v) is 16.9. The molecule has 3 aromatic rings. The van der Waals surface area contributed by atoms with Gasteiger partial charge in [-0.05, 0) is 47.9 Å². The average molecular weight is 405 g/mol. The minimum atomic E-state index is -1.11. The third-order valence-corrected chi connectivity index (χ3v) is 4.76. The molecule has 1 N–H and O–H groups in total. The molecule has 0 aromatic heterocycles. The van der Waals surface area contributed by atoms with Gasteiger partial charge in [-0.15, -0.1) is 0 Å². The molecule has 0 aliphatic rings. The fourth-order valence-electron chi connectivity index (χ4n) is 3.04. The van der Waals surface area contributed by atoms with Gasteiger partial charge in [0.15, 0.2) is 0 Å². The van der Waals surface area contributed by atoms with E-state index in [0.29, 0.717) is 5.75 Å². The summed E-state index contributed by atoms with van der Waals surface area (Å²) in [4.78, 5) is 26.1. The summed E-state index contributed by atoms with van der Waals surface area (Å²) in [5, 5.41) is 9.58. The van der Waals surface area contributed by atoms with Crippen molar-refractivity contribution in [3.05, 3.63) is 95.1 Å². The normalized spacial score (nSPS) is 10.3. The van der Waals surface area contributed by atoms with E-state index in [-0.39, 0.29) is 24.4 Å². The maximum Gasteiger partial charge on any atom is 0.414 e. The number of anilines is 1. The summed E-state index contributed by atoms with van der Waals surface area (Å²) in [7, 11) is 1.58. The number of aromatic carboxylic acids is 1. The number of aryl methyl sites for hydroxylation is 1. The van der Waals surface area contributed by atoms with E-state index in [1.165, 1.54) is 11.0 Å². The van der Waals surface area contributed by atoms with Crippen molar-refractivity contribution in [2.24, 2.45) is 0 Å². The van der Waals surface area contributed by atoms with Gasteiger partial charge in [0.25, 0.3) is 0 Å². The van der Waals surface area contributed by atoms with Crippen molar-refractivity contribution in [2.75, 3.05) is 12.0 Å². The van der Waals surface area contributed by atoms with Crippen LogP contribution in [-0.4, -0.2) is 24.3 Å². The third-order valence-electron chi connectivity index (χ3n) is 4.76. The van der Waals surface area contributed by atoms with Crippen LogP contribution in [0.3, 0.4) is 0 Å². The van der Waals surface area contributed by atoms with Crippen molar-refractivity contribution < 1.29 is 24.2 Å². The largest absolute Gasteiger partial charge is 0.497 e. The maximum atomic E-state index is 13.0. The van der Waals surface area contributed by atoms with Crippen molar-refractivity contribution in [3.63, 3.8) is 0 Å². The van der Waals surface area contributed by atoms with Gasteiger partial charge in [-0.25, -0.2) is 9.59 Å². The molecule has 30 heavy (non-hydrogen) atoms. The molecule has 1 amide bonds. The summed E-state index contributed by atoms with van der Waals surface area (Å²) >= 11 is 0. The number of ether oxygens (including phenoxy) is 2. The van der Waals surface area contributed by atoms with E-state index in [4.69, 9.17) is 9.47 Å². The molecular weight excluding hydrogens is 382 g/mol. The number of carboxylic acids is 1. The van der Waals surface area contributed by atoms with E-state index < -0.39 is 12.1 Å². The molecule has 0 radical (unpaired) electrons. The van der Waals surface area contributed by atoms with E-state index in [1.807, 2.05) is 43.3 Å². The van der Waals surface area contributed by atoms with Crippen molar-refractivity contribution >= 4 is 17.7 Å². The molecule has 3 aromatic carbocycles. The van der Waals surface area contributed by atoms with Crippen LogP contribution >= 0.6 is 0 Å². The summed E-state index contributed by atoms with van der Waals surface area (Å²) in [6.45, 7) is 2.19. The Labute approximate surface area is 175 Å². The van der Waals surface area contributed by atoms with E-state index in [2.05, 4.69) is 0 Å². The Morgan fingerprint density at radius 1 is 0.933 bits per heavy atom. The van der Waals surface area contributed by atoms with Crippen LogP contribution in [0, 0.1) is 6.92 Å². The predicted octanol–water partition coefficient (Wildman–Crippen LogP) is 5.05. The van der Waals surface area contributed by atoms with Crippen molar-refractivity contribution in [1.82, 2.24) is 0 Å². The molecule has 0 aliphatic heterocycles. The van der Waals surface area contributed by atoms with Gasteiger partial charge >= 0.3 is 12.1 Å². The van der Waals surface area contributed by atoms with Crippen molar-refractivity contribution in [1.29, 1.82) is 0 Å². The highest BCUT2D eigenvalue weighted by molar-refractivity contribution is 5.99. The lowest BCUT2D eigenvalue weighted by atomic mass is 10.1. The van der Waals surface area contributed by atoms with E-state index >= 15 is 0 Å². The number of rotatable bonds is 7. The fraction of sp³-hybridized carbons (Fsp3) is 0.167. The smallest absolute Gasteiger partial charge is 0.414 e. The van der Waals surface area contributed by atoms with Gasteiger partial charge in [-0.1, -0.05) is 48.5 Å². The maximum absolute atomic E-state index is 13.0. The van der Waals surface area contributed by atoms with Gasteiger partial charge < -0.3 is 14.6 Å². The number of amides is 1. The van der Waals surface area contributed by atoms with Crippen LogP contribution in [0.25, 0.3) is 0 Å². The number of carboxylic acid groups (broad SMARTS) is 1. The van der Waals surface area contributed by atoms with Gasteiger partial charge in [0.1, 0.15) is 12.4 Å². The Morgan fingerprint density at radius 3 is 2.27 bits per heavy atom. The monoisotopic (exact) mass is 405 g/mol. The number of carbonyl (C=O) groups is 2. The van der Waals surface area contributed by atoms with Crippen LogP contribution in [-0.2, 0) is 17.9 Å². The molecule has 0 atom stereocenters. The number of carbonyl (C=O) groups excluding carboxylic acids is 1. The van der Waals surface area contributed by atoms with E-state index in [0.717, 1.165) is 16.7 Å². The lowest BCUT2D eigenvalue weighted by molar-refractivity contribution is 0.0697. The molecule has 6 heteroatoms. The Morgan fingerprint density at radius 2 is 1.60 bits per heavy atom. The predicted molar refractivity (Wildman–Crippen MR) is 114 cm³/mol. The molecule has 0 saturated heterocycles. The molecule has 0 spiro atoms. The number of nitrogens with zero attached hydrogens (tertiary/aromatic N) is 1. The second kappa shape index (κ2) is 9.60. The van der Waals surface area contributed by atoms with Gasteiger partial charge in [0.05, 0.1) is 24.9 Å². The summed E-state index contributed by atoms with van der Waals surface area (Å²) in [6.07, 6.45) is -0.622. The van der Waals surface area contributed by atoms with Crippen LogP contribution in [0.1, 0.15) is 27.0 Å². The zero-order chi connectivity index (χ0) is 21.5. The number of para-hydroxylation sites is 1. The van der Waals surface area contributed by atoms with Crippen LogP contribution in [0.5, 0.6) is 5.75 Å². The molecule has 0 bridgehead atoms. The number of hydrogen-bond acceptors (Lipinski definition) is 4. The van der Waals surface area contributed by atoms with Crippen molar-refractivity contribution in [2.45, 2.75) is 20.1 Å². The topological polar surface area (TPSA) is 76.1 Å². The van der Waals surface area contributed by atoms with Crippen LogP contribution in [0.4, 0.5) is 10.5 Å². The highest BCUT2D eigenvalue weighted by Crippen LogP contribution is 2.25. The average Bonchev–Trinajstić information content (AvgIpc) is 2.77. The first kappa shape index (κ1) is 20.9. The second-order valence-corrected chi connectivity index (χ2v) is 6.74. The highest BCUT2D eigenvalue weighted by atomic mass is 16.6. The Bertz CT molecular complexity index is 1030. The minimum absolute atomic E-state index is 0.0267. The molecular formula is C24H23NO5. The molecule has 0 fully saturated rings. The van der Waals surface area contributed by atoms with Crippen LogP contribution in [0.2, 0.25) is 0 Å². The fourth-order valence-corrected chi connectivity index (χ4v) is 3.04. The van der Waals surface area contributed by atoms with Gasteiger partial charge in [-0.3, -0.25) is 4.90 Å². The van der Waals surface area contributed by atoms with E-state index in [9.17, 15) is 14.7 Å². The number of methoxy groups -OCH3 is 1. The summed E-state index contributed by atoms with van der Waals surface area (Å²) in [5.74, 6) is -0.421. The number of hydrogen-bond donors (Lipinski definition) is 1. The SMILES string of the molecule is COc1ccc(CN(C(=O)OCc2ccccc2C)c2ccccc2C(=O)O)cc1. The zero-order valence-electron chi connectivity index (χ0n) is 16.9. The van der Waals surface area contributed by atoms with Gasteiger partial charge in [-0.2, -0.15) is 0 Å². The lowest BCUT2D eigenvalue weighted by Crippen LogP contribution is -2.32. The highest BCUT2D eigenvalue weighted by Gasteiger charge is 2.23. The summed E-state index contributed by atoms with van der Waals surface area (Å²) < 4.78 is 10.7. The van der Waals surface area contributed by atoms with Gasteiger partial charge in [0, 0.05) is 0 Å². The first-order chi connectivity index (χ1) is 14.5.